The molecule has 0 radical (unpaired) electrons. The maximum absolute atomic E-state index is 9.77. The number of ether oxygens (including phenoxy) is 1. The zero-order valence-corrected chi connectivity index (χ0v) is 9.90. The molecule has 3 heteroatoms. The molecule has 0 bridgehead atoms. The fourth-order valence-electron chi connectivity index (χ4n) is 1.55. The summed E-state index contributed by atoms with van der Waals surface area (Å²) in [6.07, 6.45) is -0.770. The van der Waals surface area contributed by atoms with Gasteiger partial charge >= 0.3 is 0 Å². The Labute approximate surface area is 96.5 Å². The smallest absolute Gasteiger partial charge is 0.244 e. The lowest BCUT2D eigenvalue weighted by molar-refractivity contribution is 0.190. The van der Waals surface area contributed by atoms with Gasteiger partial charge in [-0.2, -0.15) is 0 Å². The highest BCUT2D eigenvalue weighted by molar-refractivity contribution is 5.40. The van der Waals surface area contributed by atoms with Crippen molar-refractivity contribution in [3.8, 4) is 5.75 Å². The maximum atomic E-state index is 9.77. The van der Waals surface area contributed by atoms with E-state index >= 15 is 0 Å². The van der Waals surface area contributed by atoms with Crippen LogP contribution in [0.25, 0.3) is 4.85 Å². The first-order valence-corrected chi connectivity index (χ1v) is 5.29. The van der Waals surface area contributed by atoms with E-state index in [1.165, 1.54) is 0 Å². The van der Waals surface area contributed by atoms with Crippen molar-refractivity contribution in [1.29, 1.82) is 0 Å². The molecule has 16 heavy (non-hydrogen) atoms. The first-order chi connectivity index (χ1) is 7.60. The van der Waals surface area contributed by atoms with Crippen LogP contribution in [0.5, 0.6) is 5.75 Å². The standard InChI is InChI=1S/C13H17NO2/c1-9(2)10-5-6-11(12(15)8-14-3)13(7-10)16-4/h5-7,9,12,15H,8H2,1-2,4H3. The minimum Gasteiger partial charge on any atom is -0.496 e. The minimum atomic E-state index is -0.770. The molecule has 0 aromatic heterocycles. The summed E-state index contributed by atoms with van der Waals surface area (Å²) in [5.74, 6) is 1.07. The Bertz CT molecular complexity index is 393. The van der Waals surface area contributed by atoms with Crippen LogP contribution in [0, 0.1) is 6.57 Å². The molecular formula is C13H17NO2. The molecule has 1 aromatic carbocycles. The van der Waals surface area contributed by atoms with Crippen LogP contribution in [-0.2, 0) is 0 Å². The third-order valence-electron chi connectivity index (χ3n) is 2.55. The molecule has 0 aliphatic heterocycles. The fraction of sp³-hybridized carbons (Fsp3) is 0.462. The van der Waals surface area contributed by atoms with Gasteiger partial charge in [-0.05, 0) is 17.5 Å². The lowest BCUT2D eigenvalue weighted by atomic mass is 9.99. The van der Waals surface area contributed by atoms with Crippen LogP contribution in [-0.4, -0.2) is 18.8 Å². The van der Waals surface area contributed by atoms with Gasteiger partial charge in [0, 0.05) is 5.56 Å². The van der Waals surface area contributed by atoms with Gasteiger partial charge in [0.1, 0.15) is 5.75 Å². The SMILES string of the molecule is [C-]#[N+]CC(O)c1ccc(C(C)C)cc1OC. The first kappa shape index (κ1) is 12.5. The number of aliphatic hydroxyl groups excluding tert-OH is 1. The van der Waals surface area contributed by atoms with Crippen LogP contribution in [0.15, 0.2) is 18.2 Å². The Morgan fingerprint density at radius 2 is 2.12 bits per heavy atom. The van der Waals surface area contributed by atoms with Crippen LogP contribution in [0.4, 0.5) is 0 Å². The molecule has 0 fully saturated rings. The predicted molar refractivity (Wildman–Crippen MR) is 63.5 cm³/mol. The Kier molecular flexibility index (Phi) is 4.33. The van der Waals surface area contributed by atoms with Gasteiger partial charge in [-0.1, -0.05) is 26.0 Å². The van der Waals surface area contributed by atoms with Crippen LogP contribution >= 0.6 is 0 Å². The van der Waals surface area contributed by atoms with E-state index in [2.05, 4.69) is 18.7 Å². The summed E-state index contributed by atoms with van der Waals surface area (Å²) >= 11 is 0. The van der Waals surface area contributed by atoms with E-state index in [0.717, 1.165) is 5.56 Å². The van der Waals surface area contributed by atoms with Crippen molar-refractivity contribution in [2.75, 3.05) is 13.7 Å². The summed E-state index contributed by atoms with van der Waals surface area (Å²) in [7, 11) is 1.58. The van der Waals surface area contributed by atoms with Gasteiger partial charge < -0.3 is 14.7 Å². The topological polar surface area (TPSA) is 33.8 Å². The van der Waals surface area contributed by atoms with Crippen molar-refractivity contribution in [2.45, 2.75) is 25.9 Å². The molecule has 1 aromatic rings. The Balaban J connectivity index is 3.07. The molecule has 1 atom stereocenters. The molecule has 0 saturated heterocycles. The Hall–Kier alpha value is -1.53. The molecule has 0 saturated carbocycles. The molecule has 0 aliphatic carbocycles. The number of hydrogen-bond donors (Lipinski definition) is 1. The van der Waals surface area contributed by atoms with E-state index < -0.39 is 6.10 Å². The normalized spacial score (nSPS) is 12.2. The van der Waals surface area contributed by atoms with E-state index in [0.29, 0.717) is 17.2 Å². The van der Waals surface area contributed by atoms with Gasteiger partial charge in [-0.3, -0.25) is 0 Å². The quantitative estimate of drug-likeness (QED) is 0.790. The van der Waals surface area contributed by atoms with E-state index in [1.54, 1.807) is 7.11 Å². The molecule has 1 rings (SSSR count). The molecule has 0 spiro atoms. The molecule has 0 amide bonds. The second kappa shape index (κ2) is 5.53. The van der Waals surface area contributed by atoms with E-state index in [-0.39, 0.29) is 6.54 Å². The monoisotopic (exact) mass is 219 g/mol. The molecule has 3 nitrogen and oxygen atoms in total. The van der Waals surface area contributed by atoms with E-state index in [4.69, 9.17) is 11.3 Å². The zero-order valence-electron chi connectivity index (χ0n) is 9.90. The lowest BCUT2D eigenvalue weighted by Crippen LogP contribution is -2.04. The summed E-state index contributed by atoms with van der Waals surface area (Å²) in [6.45, 7) is 11.0. The van der Waals surface area contributed by atoms with Crippen LogP contribution in [0.3, 0.4) is 0 Å². The average molecular weight is 219 g/mol. The van der Waals surface area contributed by atoms with Crippen molar-refractivity contribution < 1.29 is 9.84 Å². The second-order valence-electron chi connectivity index (χ2n) is 4.01. The number of aliphatic hydroxyl groups is 1. The Morgan fingerprint density at radius 1 is 1.44 bits per heavy atom. The molecule has 1 unspecified atom stereocenters. The second-order valence-corrected chi connectivity index (χ2v) is 4.01. The van der Waals surface area contributed by atoms with Crippen molar-refractivity contribution in [3.05, 3.63) is 40.7 Å². The predicted octanol–water partition coefficient (Wildman–Crippen LogP) is 2.77. The van der Waals surface area contributed by atoms with E-state index in [1.807, 2.05) is 18.2 Å². The summed E-state index contributed by atoms with van der Waals surface area (Å²) < 4.78 is 5.24. The van der Waals surface area contributed by atoms with Crippen molar-refractivity contribution >= 4 is 0 Å². The van der Waals surface area contributed by atoms with Crippen molar-refractivity contribution in [1.82, 2.24) is 0 Å². The number of methoxy groups -OCH3 is 1. The van der Waals surface area contributed by atoms with Gasteiger partial charge in [-0.25, -0.2) is 6.57 Å². The van der Waals surface area contributed by atoms with Crippen LogP contribution in [0.2, 0.25) is 0 Å². The summed E-state index contributed by atoms with van der Waals surface area (Å²) in [6, 6.07) is 5.73. The number of rotatable bonds is 4. The molecular weight excluding hydrogens is 202 g/mol. The Morgan fingerprint density at radius 3 is 2.62 bits per heavy atom. The number of hydrogen-bond acceptors (Lipinski definition) is 2. The van der Waals surface area contributed by atoms with Crippen LogP contribution in [0.1, 0.15) is 37.0 Å². The molecule has 1 N–H and O–H groups in total. The highest BCUT2D eigenvalue weighted by Crippen LogP contribution is 2.29. The third kappa shape index (κ3) is 2.74. The highest BCUT2D eigenvalue weighted by atomic mass is 16.5. The van der Waals surface area contributed by atoms with Crippen LogP contribution < -0.4 is 4.74 Å². The van der Waals surface area contributed by atoms with Gasteiger partial charge in [0.25, 0.3) is 0 Å². The maximum Gasteiger partial charge on any atom is 0.244 e. The van der Waals surface area contributed by atoms with Gasteiger partial charge in [-0.15, -0.1) is 0 Å². The fourth-order valence-corrected chi connectivity index (χ4v) is 1.55. The third-order valence-corrected chi connectivity index (χ3v) is 2.55. The van der Waals surface area contributed by atoms with Gasteiger partial charge in [0.15, 0.2) is 6.10 Å². The van der Waals surface area contributed by atoms with E-state index in [9.17, 15) is 5.11 Å². The van der Waals surface area contributed by atoms with Crippen molar-refractivity contribution in [2.24, 2.45) is 0 Å². The molecule has 0 heterocycles. The first-order valence-electron chi connectivity index (χ1n) is 5.29. The molecule has 0 aliphatic rings. The number of benzene rings is 1. The highest BCUT2D eigenvalue weighted by Gasteiger charge is 2.16. The minimum absolute atomic E-state index is 0.0669. The summed E-state index contributed by atoms with van der Waals surface area (Å²) in [5, 5.41) is 9.77. The average Bonchev–Trinajstić information content (AvgIpc) is 2.28. The molecule has 86 valence electrons. The van der Waals surface area contributed by atoms with Gasteiger partial charge in [0.2, 0.25) is 6.54 Å². The number of nitrogens with zero attached hydrogens (tertiary/aromatic N) is 1. The van der Waals surface area contributed by atoms with Gasteiger partial charge in [0.05, 0.1) is 7.11 Å². The van der Waals surface area contributed by atoms with Crippen molar-refractivity contribution in [3.63, 3.8) is 0 Å². The lowest BCUT2D eigenvalue weighted by Gasteiger charge is -2.14. The summed E-state index contributed by atoms with van der Waals surface area (Å²) in [5.41, 5.74) is 1.85. The largest absolute Gasteiger partial charge is 0.496 e. The zero-order chi connectivity index (χ0) is 12.1. The summed E-state index contributed by atoms with van der Waals surface area (Å²) in [4.78, 5) is 3.19.